The molecule has 0 saturated carbocycles. The summed E-state index contributed by atoms with van der Waals surface area (Å²) in [5, 5.41) is 0. The standard InChI is InChI=1S/C19H20N2O3S/c1-11-8-12(2)17-16(9-11)25-19(21(17)3)20-18(22)14-7-6-13(23-4)10-15(14)24-5/h6-10H,1-5H3. The molecule has 1 heterocycles. The smallest absolute Gasteiger partial charge is 0.283 e. The first-order valence-electron chi connectivity index (χ1n) is 7.82. The Morgan fingerprint density at radius 2 is 1.88 bits per heavy atom. The summed E-state index contributed by atoms with van der Waals surface area (Å²) in [6.45, 7) is 4.14. The van der Waals surface area contributed by atoms with Gasteiger partial charge in [-0.05, 0) is 43.2 Å². The molecule has 0 saturated heterocycles. The van der Waals surface area contributed by atoms with E-state index in [2.05, 4.69) is 31.0 Å². The monoisotopic (exact) mass is 356 g/mol. The van der Waals surface area contributed by atoms with Gasteiger partial charge in [-0.25, -0.2) is 0 Å². The lowest BCUT2D eigenvalue weighted by Gasteiger charge is -2.07. The molecule has 0 aliphatic heterocycles. The molecule has 3 rings (SSSR count). The van der Waals surface area contributed by atoms with Crippen LogP contribution in [0.3, 0.4) is 0 Å². The fraction of sp³-hybridized carbons (Fsp3) is 0.263. The van der Waals surface area contributed by atoms with Gasteiger partial charge in [-0.15, -0.1) is 0 Å². The molecule has 0 unspecified atom stereocenters. The quantitative estimate of drug-likeness (QED) is 0.720. The number of methoxy groups -OCH3 is 2. The SMILES string of the molecule is COc1ccc(C(=O)N=c2sc3cc(C)cc(C)c3n2C)c(OC)c1. The highest BCUT2D eigenvalue weighted by Crippen LogP contribution is 2.26. The van der Waals surface area contributed by atoms with Crippen molar-refractivity contribution in [1.29, 1.82) is 0 Å². The van der Waals surface area contributed by atoms with Crippen LogP contribution in [0.25, 0.3) is 10.2 Å². The van der Waals surface area contributed by atoms with E-state index in [0.717, 1.165) is 10.2 Å². The molecule has 0 N–H and O–H groups in total. The summed E-state index contributed by atoms with van der Waals surface area (Å²) in [6.07, 6.45) is 0. The predicted molar refractivity (Wildman–Crippen MR) is 99.7 cm³/mol. The van der Waals surface area contributed by atoms with E-state index in [1.165, 1.54) is 29.6 Å². The van der Waals surface area contributed by atoms with Crippen LogP contribution in [-0.2, 0) is 7.05 Å². The molecule has 1 aromatic heterocycles. The molecule has 5 nitrogen and oxygen atoms in total. The second kappa shape index (κ2) is 6.72. The molecule has 1 amide bonds. The van der Waals surface area contributed by atoms with Gasteiger partial charge in [-0.2, -0.15) is 4.99 Å². The summed E-state index contributed by atoms with van der Waals surface area (Å²) >= 11 is 1.51. The van der Waals surface area contributed by atoms with Crippen LogP contribution in [0.1, 0.15) is 21.5 Å². The molecule has 2 aromatic carbocycles. The van der Waals surface area contributed by atoms with Crippen LogP contribution in [0, 0.1) is 13.8 Å². The number of amides is 1. The number of carbonyl (C=O) groups excluding carboxylic acids is 1. The fourth-order valence-corrected chi connectivity index (χ4v) is 4.10. The van der Waals surface area contributed by atoms with Crippen LogP contribution < -0.4 is 14.3 Å². The minimum absolute atomic E-state index is 0.337. The Bertz CT molecular complexity index is 1030. The number of rotatable bonds is 3. The third-order valence-electron chi connectivity index (χ3n) is 4.07. The van der Waals surface area contributed by atoms with Crippen molar-refractivity contribution in [2.24, 2.45) is 12.0 Å². The van der Waals surface area contributed by atoms with Crippen molar-refractivity contribution in [2.45, 2.75) is 13.8 Å². The number of hydrogen-bond donors (Lipinski definition) is 0. The number of benzene rings is 2. The number of hydrogen-bond acceptors (Lipinski definition) is 4. The van der Waals surface area contributed by atoms with Gasteiger partial charge in [0.1, 0.15) is 11.5 Å². The van der Waals surface area contributed by atoms with Gasteiger partial charge in [0.05, 0.1) is 30.0 Å². The topological polar surface area (TPSA) is 52.8 Å². The van der Waals surface area contributed by atoms with Crippen LogP contribution >= 0.6 is 11.3 Å². The minimum atomic E-state index is -0.337. The molecule has 3 aromatic rings. The number of ether oxygens (including phenoxy) is 2. The summed E-state index contributed by atoms with van der Waals surface area (Å²) < 4.78 is 13.6. The first-order valence-corrected chi connectivity index (χ1v) is 8.64. The third-order valence-corrected chi connectivity index (χ3v) is 5.15. The molecule has 25 heavy (non-hydrogen) atoms. The van der Waals surface area contributed by atoms with Gasteiger partial charge in [0.25, 0.3) is 5.91 Å². The molecule has 0 aliphatic carbocycles. The number of aryl methyl sites for hydroxylation is 3. The zero-order valence-corrected chi connectivity index (χ0v) is 15.7. The molecular weight excluding hydrogens is 336 g/mol. The van der Waals surface area contributed by atoms with Gasteiger partial charge < -0.3 is 14.0 Å². The van der Waals surface area contributed by atoms with Crippen LogP contribution in [-0.4, -0.2) is 24.7 Å². The van der Waals surface area contributed by atoms with Crippen molar-refractivity contribution < 1.29 is 14.3 Å². The van der Waals surface area contributed by atoms with Crippen molar-refractivity contribution in [2.75, 3.05) is 14.2 Å². The Hall–Kier alpha value is -2.60. The molecule has 6 heteroatoms. The van der Waals surface area contributed by atoms with Crippen LogP contribution in [0.5, 0.6) is 11.5 Å². The largest absolute Gasteiger partial charge is 0.497 e. The Morgan fingerprint density at radius 1 is 1.12 bits per heavy atom. The van der Waals surface area contributed by atoms with Gasteiger partial charge in [-0.1, -0.05) is 17.4 Å². The summed E-state index contributed by atoms with van der Waals surface area (Å²) in [5.74, 6) is 0.742. The van der Waals surface area contributed by atoms with E-state index in [1.807, 2.05) is 11.6 Å². The Balaban J connectivity index is 2.12. The number of thiazole rings is 1. The third kappa shape index (κ3) is 3.17. The minimum Gasteiger partial charge on any atom is -0.497 e. The van der Waals surface area contributed by atoms with Crippen molar-refractivity contribution in [3.8, 4) is 11.5 Å². The van der Waals surface area contributed by atoms with Gasteiger partial charge in [0, 0.05) is 13.1 Å². The molecule has 0 bridgehead atoms. The van der Waals surface area contributed by atoms with E-state index in [0.29, 0.717) is 21.9 Å². The first-order chi connectivity index (χ1) is 11.9. The summed E-state index contributed by atoms with van der Waals surface area (Å²) in [5.41, 5.74) is 3.88. The second-order valence-corrected chi connectivity index (χ2v) is 6.86. The van der Waals surface area contributed by atoms with Gasteiger partial charge in [0.15, 0.2) is 4.80 Å². The summed E-state index contributed by atoms with van der Waals surface area (Å²) in [4.78, 5) is 17.7. The molecule has 0 atom stereocenters. The Kier molecular flexibility index (Phi) is 4.63. The van der Waals surface area contributed by atoms with Gasteiger partial charge >= 0.3 is 0 Å². The lowest BCUT2D eigenvalue weighted by Crippen LogP contribution is -2.14. The van der Waals surface area contributed by atoms with E-state index < -0.39 is 0 Å². The average molecular weight is 356 g/mol. The van der Waals surface area contributed by atoms with Crippen LogP contribution in [0.15, 0.2) is 35.3 Å². The number of nitrogens with zero attached hydrogens (tertiary/aromatic N) is 2. The molecule has 130 valence electrons. The molecule has 0 fully saturated rings. The summed E-state index contributed by atoms with van der Waals surface area (Å²) in [6, 6.07) is 9.33. The Labute approximate surface area is 150 Å². The molecule has 0 aliphatic rings. The average Bonchev–Trinajstić information content (AvgIpc) is 2.89. The second-order valence-electron chi connectivity index (χ2n) is 5.86. The van der Waals surface area contributed by atoms with Crippen molar-refractivity contribution in [3.05, 3.63) is 51.8 Å². The lowest BCUT2D eigenvalue weighted by atomic mass is 10.1. The van der Waals surface area contributed by atoms with Gasteiger partial charge in [0.2, 0.25) is 0 Å². The van der Waals surface area contributed by atoms with E-state index >= 15 is 0 Å². The summed E-state index contributed by atoms with van der Waals surface area (Å²) in [7, 11) is 5.03. The van der Waals surface area contributed by atoms with E-state index in [1.54, 1.807) is 25.3 Å². The number of fused-ring (bicyclic) bond motifs is 1. The zero-order valence-electron chi connectivity index (χ0n) is 14.9. The lowest BCUT2D eigenvalue weighted by molar-refractivity contribution is 0.0995. The van der Waals surface area contributed by atoms with Crippen molar-refractivity contribution >= 4 is 27.5 Å². The maximum absolute atomic E-state index is 12.7. The maximum atomic E-state index is 12.7. The van der Waals surface area contributed by atoms with Crippen LogP contribution in [0.4, 0.5) is 0 Å². The van der Waals surface area contributed by atoms with E-state index in [9.17, 15) is 4.79 Å². The van der Waals surface area contributed by atoms with E-state index in [-0.39, 0.29) is 5.91 Å². The normalized spacial score (nSPS) is 11.8. The van der Waals surface area contributed by atoms with Gasteiger partial charge in [-0.3, -0.25) is 4.79 Å². The van der Waals surface area contributed by atoms with Crippen molar-refractivity contribution in [1.82, 2.24) is 4.57 Å². The number of carbonyl (C=O) groups is 1. The van der Waals surface area contributed by atoms with Crippen LogP contribution in [0.2, 0.25) is 0 Å². The van der Waals surface area contributed by atoms with E-state index in [4.69, 9.17) is 9.47 Å². The Morgan fingerprint density at radius 3 is 2.56 bits per heavy atom. The highest BCUT2D eigenvalue weighted by molar-refractivity contribution is 7.16. The predicted octanol–water partition coefficient (Wildman–Crippen LogP) is 3.61. The molecular formula is C19H20N2O3S. The number of aromatic nitrogens is 1. The zero-order chi connectivity index (χ0) is 18.1. The van der Waals surface area contributed by atoms with Crippen molar-refractivity contribution in [3.63, 3.8) is 0 Å². The first kappa shape index (κ1) is 17.2. The maximum Gasteiger partial charge on any atom is 0.283 e. The highest BCUT2D eigenvalue weighted by atomic mass is 32.1. The highest BCUT2D eigenvalue weighted by Gasteiger charge is 2.14. The molecule has 0 spiro atoms. The fourth-order valence-electron chi connectivity index (χ4n) is 2.91. The molecule has 0 radical (unpaired) electrons.